The van der Waals surface area contributed by atoms with Crippen LogP contribution < -0.4 is 5.32 Å². The number of rotatable bonds is 3. The Kier molecular flexibility index (Phi) is 4.18. The molecule has 0 bridgehead atoms. The zero-order chi connectivity index (χ0) is 14.7. The van der Waals surface area contributed by atoms with Crippen molar-refractivity contribution in [3.05, 3.63) is 61.7 Å². The molecule has 2 rings (SSSR count). The van der Waals surface area contributed by atoms with Gasteiger partial charge in [0.2, 0.25) is 5.75 Å². The van der Waals surface area contributed by atoms with E-state index < -0.39 is 22.3 Å². The summed E-state index contributed by atoms with van der Waals surface area (Å²) in [6.07, 6.45) is 0. The lowest BCUT2D eigenvalue weighted by atomic mass is 10.1. The first-order valence-corrected chi connectivity index (χ1v) is 6.60. The maximum absolute atomic E-state index is 12.0. The van der Waals surface area contributed by atoms with E-state index >= 15 is 0 Å². The number of amides is 1. The number of hydrogen-bond acceptors (Lipinski definition) is 4. The van der Waals surface area contributed by atoms with Crippen LogP contribution in [0.3, 0.4) is 0 Å². The van der Waals surface area contributed by atoms with E-state index in [1.807, 2.05) is 6.07 Å². The molecule has 6 nitrogen and oxygen atoms in total. The summed E-state index contributed by atoms with van der Waals surface area (Å²) in [5, 5.41) is 23.1. The number of nitro groups is 1. The molecule has 0 radical (unpaired) electrons. The number of benzene rings is 2. The van der Waals surface area contributed by atoms with Gasteiger partial charge >= 0.3 is 5.69 Å². The molecule has 0 aliphatic carbocycles. The molecule has 0 fully saturated rings. The summed E-state index contributed by atoms with van der Waals surface area (Å²) in [5.41, 5.74) is -0.0915. The summed E-state index contributed by atoms with van der Waals surface area (Å²) in [6.45, 7) is 0. The van der Waals surface area contributed by atoms with Crippen molar-refractivity contribution in [2.24, 2.45) is 0 Å². The van der Waals surface area contributed by atoms with Crippen molar-refractivity contribution in [1.29, 1.82) is 0 Å². The molecule has 102 valence electrons. The highest BCUT2D eigenvalue weighted by Gasteiger charge is 2.20. The Hall–Kier alpha value is -2.16. The van der Waals surface area contributed by atoms with Gasteiger partial charge in [-0.2, -0.15) is 0 Å². The number of phenols is 1. The Morgan fingerprint density at radius 2 is 1.95 bits per heavy atom. The summed E-state index contributed by atoms with van der Waals surface area (Å²) in [5.74, 6) is -1.24. The minimum atomic E-state index is -0.739. The topological polar surface area (TPSA) is 92.5 Å². The van der Waals surface area contributed by atoms with Gasteiger partial charge in [0.1, 0.15) is 0 Å². The Morgan fingerprint density at radius 1 is 1.25 bits per heavy atom. The van der Waals surface area contributed by atoms with Crippen LogP contribution in [0.25, 0.3) is 0 Å². The summed E-state index contributed by atoms with van der Waals surface area (Å²) >= 11 is 2.10. The van der Waals surface area contributed by atoms with Gasteiger partial charge < -0.3 is 10.4 Å². The number of nitrogens with one attached hydrogen (secondary N) is 1. The van der Waals surface area contributed by atoms with E-state index in [1.165, 1.54) is 12.1 Å². The van der Waals surface area contributed by atoms with E-state index in [9.17, 15) is 20.0 Å². The third-order valence-electron chi connectivity index (χ3n) is 2.54. The predicted octanol–water partition coefficient (Wildman–Crippen LogP) is 3.16. The van der Waals surface area contributed by atoms with Gasteiger partial charge in [0.15, 0.2) is 0 Å². The molecule has 2 aromatic carbocycles. The first-order valence-electron chi connectivity index (χ1n) is 5.52. The lowest BCUT2D eigenvalue weighted by Gasteiger charge is -2.07. The molecule has 2 N–H and O–H groups in total. The van der Waals surface area contributed by atoms with Crippen molar-refractivity contribution in [2.45, 2.75) is 0 Å². The standard InChI is InChI=1S/C13H9IN2O4/c14-8-3-1-4-9(7-8)15-13(18)10-5-2-6-11(12(10)17)16(19)20/h1-7,17H,(H,15,18). The van der Waals surface area contributed by atoms with E-state index in [4.69, 9.17) is 0 Å². The van der Waals surface area contributed by atoms with Crippen molar-refractivity contribution in [3.8, 4) is 5.75 Å². The summed E-state index contributed by atoms with van der Waals surface area (Å²) in [6, 6.07) is 10.9. The average Bonchev–Trinajstić information content (AvgIpc) is 2.38. The number of halogens is 1. The van der Waals surface area contributed by atoms with Crippen LogP contribution in [0.4, 0.5) is 11.4 Å². The number of anilines is 1. The van der Waals surface area contributed by atoms with Crippen LogP contribution in [0, 0.1) is 13.7 Å². The first-order chi connectivity index (χ1) is 9.49. The molecule has 0 unspecified atom stereocenters. The fraction of sp³-hybridized carbons (Fsp3) is 0. The van der Waals surface area contributed by atoms with Crippen LogP contribution in [0.15, 0.2) is 42.5 Å². The number of carbonyl (C=O) groups excluding carboxylic acids is 1. The van der Waals surface area contributed by atoms with Crippen molar-refractivity contribution in [1.82, 2.24) is 0 Å². The second kappa shape index (κ2) is 5.87. The molecule has 0 saturated heterocycles. The van der Waals surface area contributed by atoms with Gasteiger partial charge in [0, 0.05) is 15.3 Å². The van der Waals surface area contributed by atoms with E-state index in [1.54, 1.807) is 18.2 Å². The number of carbonyl (C=O) groups is 1. The largest absolute Gasteiger partial charge is 0.502 e. The SMILES string of the molecule is O=C(Nc1cccc(I)c1)c1cccc([N+](=O)[O-])c1O. The minimum Gasteiger partial charge on any atom is -0.502 e. The molecule has 0 heterocycles. The molecule has 20 heavy (non-hydrogen) atoms. The van der Waals surface area contributed by atoms with Crippen LogP contribution in [0.1, 0.15) is 10.4 Å². The third-order valence-corrected chi connectivity index (χ3v) is 3.21. The smallest absolute Gasteiger partial charge is 0.311 e. The fourth-order valence-corrected chi connectivity index (χ4v) is 2.17. The maximum atomic E-state index is 12.0. The van der Waals surface area contributed by atoms with Gasteiger partial charge in [-0.05, 0) is 46.9 Å². The molecule has 0 spiro atoms. The number of para-hydroxylation sites is 1. The second-order valence-electron chi connectivity index (χ2n) is 3.89. The zero-order valence-electron chi connectivity index (χ0n) is 10.0. The molecule has 0 atom stereocenters. The quantitative estimate of drug-likeness (QED) is 0.483. The summed E-state index contributed by atoms with van der Waals surface area (Å²) in [4.78, 5) is 22.0. The Bertz CT molecular complexity index is 688. The van der Waals surface area contributed by atoms with Crippen molar-refractivity contribution >= 4 is 39.9 Å². The van der Waals surface area contributed by atoms with Gasteiger partial charge in [-0.25, -0.2) is 0 Å². The summed E-state index contributed by atoms with van der Waals surface area (Å²) in [7, 11) is 0. The Balaban J connectivity index is 2.30. The number of nitro benzene ring substituents is 1. The third kappa shape index (κ3) is 3.05. The van der Waals surface area contributed by atoms with Crippen LogP contribution >= 0.6 is 22.6 Å². The molecule has 1 amide bonds. The molecule has 2 aromatic rings. The van der Waals surface area contributed by atoms with Gasteiger partial charge in [-0.3, -0.25) is 14.9 Å². The van der Waals surface area contributed by atoms with Crippen LogP contribution in [0.5, 0.6) is 5.75 Å². The molecular formula is C13H9IN2O4. The van der Waals surface area contributed by atoms with Crippen molar-refractivity contribution in [2.75, 3.05) is 5.32 Å². The van der Waals surface area contributed by atoms with E-state index in [2.05, 4.69) is 27.9 Å². The molecular weight excluding hydrogens is 375 g/mol. The van der Waals surface area contributed by atoms with Crippen LogP contribution in [-0.4, -0.2) is 15.9 Å². The van der Waals surface area contributed by atoms with Crippen LogP contribution in [0.2, 0.25) is 0 Å². The zero-order valence-corrected chi connectivity index (χ0v) is 12.2. The predicted molar refractivity (Wildman–Crippen MR) is 81.9 cm³/mol. The second-order valence-corrected chi connectivity index (χ2v) is 5.14. The number of hydrogen-bond donors (Lipinski definition) is 2. The number of aromatic hydroxyl groups is 1. The van der Waals surface area contributed by atoms with Crippen molar-refractivity contribution < 1.29 is 14.8 Å². The van der Waals surface area contributed by atoms with E-state index in [-0.39, 0.29) is 5.56 Å². The lowest BCUT2D eigenvalue weighted by molar-refractivity contribution is -0.385. The van der Waals surface area contributed by atoms with Gasteiger partial charge in [-0.15, -0.1) is 0 Å². The van der Waals surface area contributed by atoms with Gasteiger partial charge in [0.05, 0.1) is 10.5 Å². The normalized spacial score (nSPS) is 10.1. The highest BCUT2D eigenvalue weighted by molar-refractivity contribution is 14.1. The monoisotopic (exact) mass is 384 g/mol. The van der Waals surface area contributed by atoms with E-state index in [0.717, 1.165) is 9.64 Å². The van der Waals surface area contributed by atoms with Crippen molar-refractivity contribution in [3.63, 3.8) is 0 Å². The molecule has 0 aromatic heterocycles. The van der Waals surface area contributed by atoms with Gasteiger partial charge in [-0.1, -0.05) is 12.1 Å². The minimum absolute atomic E-state index is 0.141. The molecule has 7 heteroatoms. The maximum Gasteiger partial charge on any atom is 0.311 e. The first kappa shape index (κ1) is 14.3. The Morgan fingerprint density at radius 3 is 2.60 bits per heavy atom. The molecule has 0 aliphatic rings. The fourth-order valence-electron chi connectivity index (χ4n) is 1.63. The molecule has 0 saturated carbocycles. The highest BCUT2D eigenvalue weighted by Crippen LogP contribution is 2.29. The average molecular weight is 384 g/mol. The van der Waals surface area contributed by atoms with E-state index in [0.29, 0.717) is 5.69 Å². The van der Waals surface area contributed by atoms with Crippen LogP contribution in [-0.2, 0) is 0 Å². The van der Waals surface area contributed by atoms with Gasteiger partial charge in [0.25, 0.3) is 5.91 Å². The number of nitrogens with zero attached hydrogens (tertiary/aromatic N) is 1. The Labute approximate surface area is 127 Å². The molecule has 0 aliphatic heterocycles. The summed E-state index contributed by atoms with van der Waals surface area (Å²) < 4.78 is 0.934. The number of phenolic OH excluding ortho intramolecular Hbond substituents is 1. The lowest BCUT2D eigenvalue weighted by Crippen LogP contribution is -2.12. The highest BCUT2D eigenvalue weighted by atomic mass is 127.